The number of amides is 3. The smallest absolute Gasteiger partial charge is 0.326 e. The Morgan fingerprint density at radius 3 is 2.00 bits per heavy atom. The second-order valence-electron chi connectivity index (χ2n) is 7.67. The lowest BCUT2D eigenvalue weighted by Crippen LogP contribution is -2.59. The molecular formula is C19H35N7O8. The summed E-state index contributed by atoms with van der Waals surface area (Å²) in [6, 6.07) is -5.38. The molecule has 0 aliphatic rings. The van der Waals surface area contributed by atoms with Crippen molar-refractivity contribution >= 4 is 35.6 Å². The number of carbonyl (C=O) groups excluding carboxylic acids is 3. The molecule has 0 radical (unpaired) electrons. The van der Waals surface area contributed by atoms with E-state index in [0.717, 1.165) is 0 Å². The summed E-state index contributed by atoms with van der Waals surface area (Å²) in [7, 11) is 0. The molecule has 0 spiro atoms. The number of aliphatic hydroxyl groups excluding tert-OH is 1. The topological polar surface area (TPSA) is 273 Å². The van der Waals surface area contributed by atoms with Gasteiger partial charge in [0.1, 0.15) is 24.2 Å². The van der Waals surface area contributed by atoms with Crippen molar-refractivity contribution in [3.05, 3.63) is 0 Å². The van der Waals surface area contributed by atoms with E-state index in [1.165, 1.54) is 0 Å². The molecule has 12 N–H and O–H groups in total. The van der Waals surface area contributed by atoms with Crippen molar-refractivity contribution in [1.82, 2.24) is 16.0 Å². The predicted molar refractivity (Wildman–Crippen MR) is 120 cm³/mol. The summed E-state index contributed by atoms with van der Waals surface area (Å²) in [5.41, 5.74) is 16.0. The van der Waals surface area contributed by atoms with Gasteiger partial charge in [0.15, 0.2) is 5.96 Å². The average Bonchev–Trinajstić information content (AvgIpc) is 2.76. The Balaban J connectivity index is 5.66. The van der Waals surface area contributed by atoms with Gasteiger partial charge in [-0.15, -0.1) is 0 Å². The Morgan fingerprint density at radius 1 is 0.941 bits per heavy atom. The van der Waals surface area contributed by atoms with Crippen LogP contribution in [0.2, 0.25) is 0 Å². The quantitative estimate of drug-likeness (QED) is 0.0580. The van der Waals surface area contributed by atoms with Crippen LogP contribution in [0.15, 0.2) is 4.99 Å². The molecule has 0 bridgehead atoms. The highest BCUT2D eigenvalue weighted by atomic mass is 16.4. The molecule has 5 unspecified atom stereocenters. The molecular weight excluding hydrogens is 454 g/mol. The van der Waals surface area contributed by atoms with Gasteiger partial charge in [-0.2, -0.15) is 0 Å². The van der Waals surface area contributed by atoms with Crippen LogP contribution in [-0.4, -0.2) is 88.3 Å². The molecule has 0 saturated heterocycles. The molecule has 15 nitrogen and oxygen atoms in total. The number of carboxylic acids is 2. The third kappa shape index (κ3) is 11.4. The molecule has 34 heavy (non-hydrogen) atoms. The van der Waals surface area contributed by atoms with Crippen molar-refractivity contribution in [2.24, 2.45) is 28.1 Å². The highest BCUT2D eigenvalue weighted by molar-refractivity contribution is 5.94. The number of nitrogens with two attached hydrogens (primary N) is 3. The van der Waals surface area contributed by atoms with Crippen LogP contribution in [0.5, 0.6) is 0 Å². The molecule has 0 rings (SSSR count). The SMILES string of the molecule is CCC(C)C(NC(=O)C(N)CO)C(=O)NC(CCCN=C(N)N)C(=O)NC(CC(=O)O)C(=O)O. The number of nitrogens with zero attached hydrogens (tertiary/aromatic N) is 1. The zero-order chi connectivity index (χ0) is 26.4. The Labute approximate surface area is 196 Å². The van der Waals surface area contributed by atoms with E-state index in [9.17, 15) is 29.1 Å². The second kappa shape index (κ2) is 15.4. The molecule has 0 aromatic rings. The molecule has 0 saturated carbocycles. The van der Waals surface area contributed by atoms with E-state index in [1.54, 1.807) is 13.8 Å². The number of hydrogen-bond donors (Lipinski definition) is 9. The Morgan fingerprint density at radius 2 is 1.53 bits per heavy atom. The number of carbonyl (C=O) groups is 5. The van der Waals surface area contributed by atoms with E-state index in [4.69, 9.17) is 27.4 Å². The van der Waals surface area contributed by atoms with E-state index in [2.05, 4.69) is 20.9 Å². The lowest BCUT2D eigenvalue weighted by Gasteiger charge is -2.27. The van der Waals surface area contributed by atoms with Crippen molar-refractivity contribution in [2.45, 2.75) is 63.7 Å². The van der Waals surface area contributed by atoms with Gasteiger partial charge in [0, 0.05) is 6.54 Å². The number of aliphatic carboxylic acids is 2. The van der Waals surface area contributed by atoms with E-state index in [-0.39, 0.29) is 31.3 Å². The molecule has 0 heterocycles. The summed E-state index contributed by atoms with van der Waals surface area (Å²) in [6.07, 6.45) is -0.220. The lowest BCUT2D eigenvalue weighted by atomic mass is 9.97. The predicted octanol–water partition coefficient (Wildman–Crippen LogP) is -3.58. The molecule has 5 atom stereocenters. The van der Waals surface area contributed by atoms with Crippen molar-refractivity contribution in [2.75, 3.05) is 13.2 Å². The van der Waals surface area contributed by atoms with Gasteiger partial charge in [-0.3, -0.25) is 24.2 Å². The molecule has 194 valence electrons. The Bertz CT molecular complexity index is 757. The van der Waals surface area contributed by atoms with Gasteiger partial charge in [0.25, 0.3) is 0 Å². The monoisotopic (exact) mass is 489 g/mol. The second-order valence-corrected chi connectivity index (χ2v) is 7.67. The summed E-state index contributed by atoms with van der Waals surface area (Å²) in [6.45, 7) is 2.91. The van der Waals surface area contributed by atoms with Crippen LogP contribution in [0.4, 0.5) is 0 Å². The van der Waals surface area contributed by atoms with Crippen LogP contribution in [0.1, 0.15) is 39.5 Å². The number of nitrogens with one attached hydrogen (secondary N) is 3. The standard InChI is InChI=1S/C19H35N7O8/c1-3-9(2)14(26-15(30)10(20)8-27)17(32)24-11(5-4-6-23-19(21)22)16(31)25-12(18(33)34)7-13(28)29/h9-12,14,27H,3-8,20H2,1-2H3,(H,24,32)(H,25,31)(H,26,30)(H,28,29)(H,33,34)(H4,21,22,23). The minimum Gasteiger partial charge on any atom is -0.481 e. The maximum Gasteiger partial charge on any atom is 0.326 e. The van der Waals surface area contributed by atoms with Crippen molar-refractivity contribution in [3.63, 3.8) is 0 Å². The fourth-order valence-electron chi connectivity index (χ4n) is 2.73. The molecule has 0 aliphatic heterocycles. The van der Waals surface area contributed by atoms with E-state index >= 15 is 0 Å². The molecule has 15 heteroatoms. The Hall–Kier alpha value is -3.46. The van der Waals surface area contributed by atoms with Crippen LogP contribution in [0.25, 0.3) is 0 Å². The first-order chi connectivity index (χ1) is 15.8. The summed E-state index contributed by atoms with van der Waals surface area (Å²) >= 11 is 0. The largest absolute Gasteiger partial charge is 0.481 e. The number of hydrogen-bond acceptors (Lipinski definition) is 8. The summed E-state index contributed by atoms with van der Waals surface area (Å²) in [5.74, 6) is -6.04. The van der Waals surface area contributed by atoms with Crippen LogP contribution >= 0.6 is 0 Å². The van der Waals surface area contributed by atoms with Gasteiger partial charge in [0.2, 0.25) is 17.7 Å². The van der Waals surface area contributed by atoms with Crippen LogP contribution in [0, 0.1) is 5.92 Å². The van der Waals surface area contributed by atoms with E-state index in [0.29, 0.717) is 6.42 Å². The van der Waals surface area contributed by atoms with Gasteiger partial charge in [-0.05, 0) is 18.8 Å². The van der Waals surface area contributed by atoms with Crippen molar-refractivity contribution in [3.8, 4) is 0 Å². The van der Waals surface area contributed by atoms with Gasteiger partial charge >= 0.3 is 11.9 Å². The van der Waals surface area contributed by atoms with Crippen LogP contribution < -0.4 is 33.2 Å². The number of rotatable bonds is 16. The van der Waals surface area contributed by atoms with Gasteiger partial charge in [-0.25, -0.2) is 4.79 Å². The van der Waals surface area contributed by atoms with E-state index < -0.39 is 66.9 Å². The normalized spacial score (nSPS) is 15.1. The molecule has 3 amide bonds. The van der Waals surface area contributed by atoms with Gasteiger partial charge in [-0.1, -0.05) is 20.3 Å². The molecule has 0 aromatic heterocycles. The minimum absolute atomic E-state index is 0.0227. The third-order valence-electron chi connectivity index (χ3n) is 4.90. The first-order valence-corrected chi connectivity index (χ1v) is 10.6. The first kappa shape index (κ1) is 30.5. The first-order valence-electron chi connectivity index (χ1n) is 10.6. The lowest BCUT2D eigenvalue weighted by molar-refractivity contribution is -0.147. The van der Waals surface area contributed by atoms with Crippen molar-refractivity contribution in [1.29, 1.82) is 0 Å². The third-order valence-corrected chi connectivity index (χ3v) is 4.90. The average molecular weight is 490 g/mol. The zero-order valence-corrected chi connectivity index (χ0v) is 19.2. The van der Waals surface area contributed by atoms with Crippen molar-refractivity contribution < 1.29 is 39.3 Å². The van der Waals surface area contributed by atoms with Gasteiger partial charge < -0.3 is 48.5 Å². The number of aliphatic imine (C=N–C) groups is 1. The summed E-state index contributed by atoms with van der Waals surface area (Å²) < 4.78 is 0. The highest BCUT2D eigenvalue weighted by Crippen LogP contribution is 2.10. The zero-order valence-electron chi connectivity index (χ0n) is 19.2. The number of guanidine groups is 1. The van der Waals surface area contributed by atoms with Crippen LogP contribution in [-0.2, 0) is 24.0 Å². The van der Waals surface area contributed by atoms with E-state index in [1.807, 2.05) is 0 Å². The maximum atomic E-state index is 13.0. The summed E-state index contributed by atoms with van der Waals surface area (Å²) in [5, 5.41) is 34.1. The number of aliphatic hydroxyl groups is 1. The maximum absolute atomic E-state index is 13.0. The fraction of sp³-hybridized carbons (Fsp3) is 0.684. The minimum atomic E-state index is -1.73. The van der Waals surface area contributed by atoms with Crippen LogP contribution in [0.3, 0.4) is 0 Å². The molecule has 0 aliphatic carbocycles. The fourth-order valence-corrected chi connectivity index (χ4v) is 2.73. The Kier molecular flexibility index (Phi) is 13.8. The van der Waals surface area contributed by atoms with Gasteiger partial charge in [0.05, 0.1) is 13.0 Å². The highest BCUT2D eigenvalue weighted by Gasteiger charge is 2.32. The molecule has 0 aromatic carbocycles. The summed E-state index contributed by atoms with van der Waals surface area (Å²) in [4.78, 5) is 63.8. The molecule has 0 fully saturated rings. The number of carboxylic acid groups (broad SMARTS) is 2.